The largest absolute Gasteiger partial charge is 0.396 e. The Hall–Kier alpha value is -0.450. The van der Waals surface area contributed by atoms with E-state index in [-0.39, 0.29) is 12.4 Å². The zero-order chi connectivity index (χ0) is 13.3. The minimum absolute atomic E-state index is 0.0477. The molecule has 1 atom stereocenters. The van der Waals surface area contributed by atoms with Gasteiger partial charge in [-0.2, -0.15) is 0 Å². The van der Waals surface area contributed by atoms with Gasteiger partial charge >= 0.3 is 0 Å². The van der Waals surface area contributed by atoms with Crippen molar-refractivity contribution in [2.45, 2.75) is 38.1 Å². The first kappa shape index (κ1) is 14.6. The fourth-order valence-electron chi connectivity index (χ4n) is 1.90. The van der Waals surface area contributed by atoms with Crippen LogP contribution in [0.3, 0.4) is 0 Å². The first-order valence-electron chi connectivity index (χ1n) is 5.57. The van der Waals surface area contributed by atoms with Gasteiger partial charge in [-0.1, -0.05) is 13.0 Å². The molecule has 96 valence electrons. The summed E-state index contributed by atoms with van der Waals surface area (Å²) in [6, 6.07) is 4.88. The summed E-state index contributed by atoms with van der Waals surface area (Å²) in [6.45, 7) is 5.87. The Kier molecular flexibility index (Phi) is 4.33. The lowest BCUT2D eigenvalue weighted by Crippen LogP contribution is -2.52. The van der Waals surface area contributed by atoms with Crippen molar-refractivity contribution in [3.8, 4) is 0 Å². The van der Waals surface area contributed by atoms with Crippen LogP contribution in [0.2, 0.25) is 0 Å². The molecule has 2 nitrogen and oxygen atoms in total. The van der Waals surface area contributed by atoms with Crippen LogP contribution in [0.5, 0.6) is 0 Å². The Bertz CT molecular complexity index is 403. The summed E-state index contributed by atoms with van der Waals surface area (Å²) in [5.41, 5.74) is 6.21. The monoisotopic (exact) mass is 303 g/mol. The van der Waals surface area contributed by atoms with Gasteiger partial charge in [0, 0.05) is 17.6 Å². The van der Waals surface area contributed by atoms with Crippen LogP contribution < -0.4 is 5.73 Å². The van der Waals surface area contributed by atoms with E-state index in [0.29, 0.717) is 10.9 Å². The van der Waals surface area contributed by atoms with E-state index in [2.05, 4.69) is 15.9 Å². The Balaban J connectivity index is 3.28. The summed E-state index contributed by atoms with van der Waals surface area (Å²) in [5.74, 6) is -0.296. The Morgan fingerprint density at radius 2 is 1.94 bits per heavy atom. The highest BCUT2D eigenvalue weighted by atomic mass is 79.9. The molecule has 1 aromatic carbocycles. The zero-order valence-electron chi connectivity index (χ0n) is 10.4. The van der Waals surface area contributed by atoms with E-state index in [9.17, 15) is 9.50 Å². The zero-order valence-corrected chi connectivity index (χ0v) is 12.0. The summed E-state index contributed by atoms with van der Waals surface area (Å²) in [7, 11) is 0. The van der Waals surface area contributed by atoms with Crippen LogP contribution in [0.25, 0.3) is 0 Å². The van der Waals surface area contributed by atoms with Crippen LogP contribution in [-0.4, -0.2) is 17.3 Å². The molecule has 1 unspecified atom stereocenters. The molecule has 1 aromatic rings. The number of rotatable bonds is 4. The average Bonchev–Trinajstić information content (AvgIpc) is 2.20. The number of hydrogen-bond acceptors (Lipinski definition) is 2. The molecule has 0 aliphatic carbocycles. The number of nitrogens with two attached hydrogens (primary N) is 1. The number of halogens is 2. The second-order valence-electron chi connectivity index (χ2n) is 5.16. The predicted octanol–water partition coefficient (Wildman–Crippen LogP) is 2.97. The highest BCUT2D eigenvalue weighted by molar-refractivity contribution is 9.10. The molecule has 1 rings (SSSR count). The van der Waals surface area contributed by atoms with Gasteiger partial charge in [-0.3, -0.25) is 0 Å². The van der Waals surface area contributed by atoms with Crippen molar-refractivity contribution < 1.29 is 9.50 Å². The van der Waals surface area contributed by atoms with Crippen LogP contribution in [-0.2, 0) is 5.41 Å². The molecule has 0 spiro atoms. The van der Waals surface area contributed by atoms with Crippen molar-refractivity contribution in [1.82, 2.24) is 0 Å². The number of hydrogen-bond donors (Lipinski definition) is 2. The van der Waals surface area contributed by atoms with Crippen LogP contribution in [0.4, 0.5) is 4.39 Å². The van der Waals surface area contributed by atoms with Gasteiger partial charge in [-0.15, -0.1) is 0 Å². The maximum Gasteiger partial charge on any atom is 0.137 e. The quantitative estimate of drug-likeness (QED) is 0.898. The van der Waals surface area contributed by atoms with E-state index in [1.165, 1.54) is 6.07 Å². The van der Waals surface area contributed by atoms with Crippen molar-refractivity contribution >= 4 is 15.9 Å². The second kappa shape index (κ2) is 5.04. The summed E-state index contributed by atoms with van der Waals surface area (Å²) in [6.07, 6.45) is 0.536. The van der Waals surface area contributed by atoms with Crippen molar-refractivity contribution in [2.75, 3.05) is 6.61 Å². The lowest BCUT2D eigenvalue weighted by Gasteiger charge is -2.42. The van der Waals surface area contributed by atoms with E-state index in [4.69, 9.17) is 5.73 Å². The minimum atomic E-state index is -0.507. The van der Waals surface area contributed by atoms with Crippen molar-refractivity contribution in [2.24, 2.45) is 5.73 Å². The van der Waals surface area contributed by atoms with E-state index in [1.807, 2.05) is 20.8 Å². The fraction of sp³-hybridized carbons (Fsp3) is 0.538. The van der Waals surface area contributed by atoms with Gasteiger partial charge < -0.3 is 10.8 Å². The van der Waals surface area contributed by atoms with Gasteiger partial charge in [-0.25, -0.2) is 4.39 Å². The smallest absolute Gasteiger partial charge is 0.137 e. The Morgan fingerprint density at radius 1 is 1.35 bits per heavy atom. The molecule has 0 aromatic heterocycles. The number of aliphatic hydroxyl groups excluding tert-OH is 1. The van der Waals surface area contributed by atoms with Crippen molar-refractivity contribution in [3.05, 3.63) is 34.1 Å². The fourth-order valence-corrected chi connectivity index (χ4v) is 2.28. The van der Waals surface area contributed by atoms with E-state index in [0.717, 1.165) is 5.56 Å². The van der Waals surface area contributed by atoms with Gasteiger partial charge in [0.05, 0.1) is 4.47 Å². The molecule has 0 saturated heterocycles. The standard InChI is InChI=1S/C13H19BrFNO/c1-12(2,16)13(3,6-7-17)9-4-5-11(15)10(14)8-9/h4-5,8,17H,6-7,16H2,1-3H3. The third-order valence-corrected chi connectivity index (χ3v) is 4.20. The molecule has 17 heavy (non-hydrogen) atoms. The van der Waals surface area contributed by atoms with Gasteiger partial charge in [0.25, 0.3) is 0 Å². The minimum Gasteiger partial charge on any atom is -0.396 e. The number of aliphatic hydroxyl groups is 1. The number of benzene rings is 1. The molecule has 0 amide bonds. The van der Waals surface area contributed by atoms with Crippen LogP contribution >= 0.6 is 15.9 Å². The van der Waals surface area contributed by atoms with Gasteiger partial charge in [0.1, 0.15) is 5.82 Å². The highest BCUT2D eigenvalue weighted by Gasteiger charge is 2.39. The highest BCUT2D eigenvalue weighted by Crippen LogP contribution is 2.38. The molecule has 0 heterocycles. The first-order valence-corrected chi connectivity index (χ1v) is 6.37. The Morgan fingerprint density at radius 3 is 2.35 bits per heavy atom. The molecular weight excluding hydrogens is 285 g/mol. The molecule has 3 N–H and O–H groups in total. The van der Waals surface area contributed by atoms with Crippen LogP contribution in [0, 0.1) is 5.82 Å². The molecule has 0 bridgehead atoms. The van der Waals surface area contributed by atoms with E-state index in [1.54, 1.807) is 12.1 Å². The predicted molar refractivity (Wildman–Crippen MR) is 71.4 cm³/mol. The Labute approximate surface area is 110 Å². The molecule has 4 heteroatoms. The van der Waals surface area contributed by atoms with Gasteiger partial charge in [0.15, 0.2) is 0 Å². The third kappa shape index (κ3) is 2.87. The molecular formula is C13H19BrFNO. The molecule has 0 radical (unpaired) electrons. The SMILES string of the molecule is CC(C)(N)C(C)(CCO)c1ccc(F)c(Br)c1. The lowest BCUT2D eigenvalue weighted by molar-refractivity contribution is 0.190. The van der Waals surface area contributed by atoms with Crippen LogP contribution in [0.1, 0.15) is 32.8 Å². The van der Waals surface area contributed by atoms with Gasteiger partial charge in [0.2, 0.25) is 0 Å². The molecule has 0 aliphatic heterocycles. The van der Waals surface area contributed by atoms with E-state index >= 15 is 0 Å². The topological polar surface area (TPSA) is 46.2 Å². The van der Waals surface area contributed by atoms with E-state index < -0.39 is 11.0 Å². The molecule has 0 saturated carbocycles. The molecule has 0 aliphatic rings. The third-order valence-electron chi connectivity index (χ3n) is 3.59. The summed E-state index contributed by atoms with van der Waals surface area (Å²) in [5, 5.41) is 9.21. The van der Waals surface area contributed by atoms with Crippen LogP contribution in [0.15, 0.2) is 22.7 Å². The second-order valence-corrected chi connectivity index (χ2v) is 6.01. The van der Waals surface area contributed by atoms with Gasteiger partial charge in [-0.05, 0) is 53.9 Å². The first-order chi connectivity index (χ1) is 7.72. The maximum atomic E-state index is 13.2. The average molecular weight is 304 g/mol. The summed E-state index contributed by atoms with van der Waals surface area (Å²) < 4.78 is 13.7. The summed E-state index contributed by atoms with van der Waals surface area (Å²) >= 11 is 3.18. The van der Waals surface area contributed by atoms with Crippen molar-refractivity contribution in [3.63, 3.8) is 0 Å². The molecule has 0 fully saturated rings. The maximum absolute atomic E-state index is 13.2. The summed E-state index contributed by atoms with van der Waals surface area (Å²) in [4.78, 5) is 0. The van der Waals surface area contributed by atoms with Crippen molar-refractivity contribution in [1.29, 1.82) is 0 Å². The lowest BCUT2D eigenvalue weighted by atomic mass is 9.67. The normalized spacial score (nSPS) is 15.7.